The van der Waals surface area contributed by atoms with Crippen LogP contribution >= 0.6 is 11.6 Å². The van der Waals surface area contributed by atoms with E-state index in [2.05, 4.69) is 4.72 Å². The Morgan fingerprint density at radius 3 is 2.46 bits per heavy atom. The van der Waals surface area contributed by atoms with Crippen LogP contribution in [0.15, 0.2) is 53.4 Å². The molecule has 1 N–H and O–H groups in total. The van der Waals surface area contributed by atoms with Crippen LogP contribution in [0.2, 0.25) is 5.02 Å². The molecule has 0 aliphatic heterocycles. The summed E-state index contributed by atoms with van der Waals surface area (Å²) in [5.41, 5.74) is 0.908. The molecule has 0 saturated carbocycles. The van der Waals surface area contributed by atoms with E-state index in [4.69, 9.17) is 11.6 Å². The number of carbonyl (C=O) groups is 1. The Kier molecular flexibility index (Phi) is 6.52. The maximum atomic E-state index is 13.8. The van der Waals surface area contributed by atoms with Gasteiger partial charge in [0.25, 0.3) is 0 Å². The predicted molar refractivity (Wildman–Crippen MR) is 99.6 cm³/mol. The molecule has 0 saturated heterocycles. The molecule has 0 atom stereocenters. The van der Waals surface area contributed by atoms with E-state index in [0.717, 1.165) is 0 Å². The quantitative estimate of drug-likeness (QED) is 0.763. The van der Waals surface area contributed by atoms with Crippen molar-refractivity contribution in [2.45, 2.75) is 11.4 Å². The summed E-state index contributed by atoms with van der Waals surface area (Å²) in [6.45, 7) is 0.0357. The molecule has 26 heavy (non-hydrogen) atoms. The number of amides is 1. The molecule has 0 unspecified atom stereocenters. The smallest absolute Gasteiger partial charge is 0.246 e. The van der Waals surface area contributed by atoms with Crippen LogP contribution in [-0.2, 0) is 21.4 Å². The van der Waals surface area contributed by atoms with Gasteiger partial charge in [0.15, 0.2) is 0 Å². The zero-order valence-electron chi connectivity index (χ0n) is 14.2. The van der Waals surface area contributed by atoms with Gasteiger partial charge in [-0.15, -0.1) is 0 Å². The van der Waals surface area contributed by atoms with E-state index in [0.29, 0.717) is 5.56 Å². The van der Waals surface area contributed by atoms with E-state index >= 15 is 0 Å². The summed E-state index contributed by atoms with van der Waals surface area (Å²) in [7, 11) is -0.627. The molecule has 1 amide bonds. The average molecular weight is 397 g/mol. The maximum absolute atomic E-state index is 13.8. The zero-order valence-corrected chi connectivity index (χ0v) is 15.8. The summed E-state index contributed by atoms with van der Waals surface area (Å²) in [4.78, 5) is 13.7. The minimum absolute atomic E-state index is 0.0357. The second kappa shape index (κ2) is 8.44. The van der Waals surface area contributed by atoms with Crippen LogP contribution in [0.1, 0.15) is 11.1 Å². The van der Waals surface area contributed by atoms with E-state index < -0.39 is 15.8 Å². The average Bonchev–Trinajstić information content (AvgIpc) is 2.63. The van der Waals surface area contributed by atoms with Crippen molar-refractivity contribution in [3.63, 3.8) is 0 Å². The van der Waals surface area contributed by atoms with Crippen LogP contribution in [0.4, 0.5) is 4.39 Å². The van der Waals surface area contributed by atoms with E-state index in [-0.39, 0.29) is 27.9 Å². The monoisotopic (exact) mass is 396 g/mol. The van der Waals surface area contributed by atoms with Gasteiger partial charge in [0.05, 0.1) is 4.90 Å². The fourth-order valence-electron chi connectivity index (χ4n) is 2.17. The molecule has 2 aromatic rings. The molecule has 5 nitrogen and oxygen atoms in total. The topological polar surface area (TPSA) is 66.5 Å². The molecule has 8 heteroatoms. The second-order valence-corrected chi connectivity index (χ2v) is 7.80. The van der Waals surface area contributed by atoms with Gasteiger partial charge < -0.3 is 4.90 Å². The maximum Gasteiger partial charge on any atom is 0.246 e. The van der Waals surface area contributed by atoms with E-state index in [1.807, 2.05) is 0 Å². The molecule has 2 rings (SSSR count). The standard InChI is InChI=1S/C18H18ClFN2O3S/c1-21-26(24,25)14-9-6-13(7-10-14)8-11-18(23)22(2)12-15-16(19)4-3-5-17(15)20/h3-11,21H,12H2,1-2H3/b11-8+. The van der Waals surface area contributed by atoms with E-state index in [9.17, 15) is 17.6 Å². The lowest BCUT2D eigenvalue weighted by Crippen LogP contribution is -2.24. The molecular weight excluding hydrogens is 379 g/mol. The van der Waals surface area contributed by atoms with Crippen LogP contribution in [0.25, 0.3) is 6.08 Å². The van der Waals surface area contributed by atoms with Gasteiger partial charge in [-0.3, -0.25) is 4.79 Å². The molecule has 0 aliphatic carbocycles. The number of hydrogen-bond donors (Lipinski definition) is 1. The lowest BCUT2D eigenvalue weighted by Gasteiger charge is -2.16. The van der Waals surface area contributed by atoms with Crippen LogP contribution in [0.3, 0.4) is 0 Å². The van der Waals surface area contributed by atoms with Crippen molar-refractivity contribution in [1.82, 2.24) is 9.62 Å². The molecule has 0 spiro atoms. The Morgan fingerprint density at radius 2 is 1.88 bits per heavy atom. The number of nitrogens with one attached hydrogen (secondary N) is 1. The van der Waals surface area contributed by atoms with Crippen molar-refractivity contribution in [3.8, 4) is 0 Å². The summed E-state index contributed by atoms with van der Waals surface area (Å²) in [5, 5.41) is 0.259. The third-order valence-electron chi connectivity index (χ3n) is 3.71. The first kappa shape index (κ1) is 20.1. The number of hydrogen-bond acceptors (Lipinski definition) is 3. The molecule has 0 aromatic heterocycles. The van der Waals surface area contributed by atoms with Gasteiger partial charge in [-0.1, -0.05) is 29.8 Å². The first-order chi connectivity index (χ1) is 12.2. The number of sulfonamides is 1. The highest BCUT2D eigenvalue weighted by molar-refractivity contribution is 7.89. The van der Waals surface area contributed by atoms with E-state index in [1.165, 1.54) is 49.3 Å². The van der Waals surface area contributed by atoms with Crippen molar-refractivity contribution >= 4 is 33.6 Å². The molecular formula is C18H18ClFN2O3S. The Hall–Kier alpha value is -2.22. The highest BCUT2D eigenvalue weighted by atomic mass is 35.5. The molecule has 0 bridgehead atoms. The SMILES string of the molecule is CNS(=O)(=O)c1ccc(/C=C/C(=O)N(C)Cc2c(F)cccc2Cl)cc1. The van der Waals surface area contributed by atoms with Crippen molar-refractivity contribution in [1.29, 1.82) is 0 Å². The summed E-state index contributed by atoms with van der Waals surface area (Å²) in [6.07, 6.45) is 2.88. The number of benzene rings is 2. The number of rotatable bonds is 6. The summed E-state index contributed by atoms with van der Waals surface area (Å²) >= 11 is 5.96. The Morgan fingerprint density at radius 1 is 1.23 bits per heavy atom. The highest BCUT2D eigenvalue weighted by Crippen LogP contribution is 2.20. The van der Waals surface area contributed by atoms with Crippen molar-refractivity contribution in [2.24, 2.45) is 0 Å². The zero-order chi connectivity index (χ0) is 19.3. The molecule has 138 valence electrons. The van der Waals surface area contributed by atoms with Crippen LogP contribution in [-0.4, -0.2) is 33.3 Å². The molecule has 0 radical (unpaired) electrons. The lowest BCUT2D eigenvalue weighted by atomic mass is 10.2. The summed E-state index contributed by atoms with van der Waals surface area (Å²) in [5.74, 6) is -0.807. The van der Waals surface area contributed by atoms with Gasteiger partial charge >= 0.3 is 0 Å². The fourth-order valence-corrected chi connectivity index (χ4v) is 3.12. The molecule has 0 heterocycles. The molecule has 0 aliphatic rings. The van der Waals surface area contributed by atoms with Gasteiger partial charge in [-0.2, -0.15) is 0 Å². The number of halogens is 2. The lowest BCUT2D eigenvalue weighted by molar-refractivity contribution is -0.125. The van der Waals surface area contributed by atoms with Gasteiger partial charge in [-0.25, -0.2) is 17.5 Å². The minimum Gasteiger partial charge on any atom is -0.338 e. The largest absolute Gasteiger partial charge is 0.338 e. The predicted octanol–water partition coefficient (Wildman–Crippen LogP) is 3.06. The van der Waals surface area contributed by atoms with Crippen LogP contribution in [0, 0.1) is 5.82 Å². The number of nitrogens with zero attached hydrogens (tertiary/aromatic N) is 1. The van der Waals surface area contributed by atoms with Gasteiger partial charge in [0.2, 0.25) is 15.9 Å². The third kappa shape index (κ3) is 4.91. The second-order valence-electron chi connectivity index (χ2n) is 5.50. The molecule has 0 fully saturated rings. The van der Waals surface area contributed by atoms with Gasteiger partial charge in [0.1, 0.15) is 5.82 Å². The molecule has 2 aromatic carbocycles. The Bertz CT molecular complexity index is 908. The number of carbonyl (C=O) groups excluding carboxylic acids is 1. The first-order valence-corrected chi connectivity index (χ1v) is 9.50. The fraction of sp³-hybridized carbons (Fsp3) is 0.167. The van der Waals surface area contributed by atoms with Gasteiger partial charge in [0, 0.05) is 30.3 Å². The summed E-state index contributed by atoms with van der Waals surface area (Å²) < 4.78 is 39.3. The van der Waals surface area contributed by atoms with Crippen LogP contribution < -0.4 is 4.72 Å². The highest BCUT2D eigenvalue weighted by Gasteiger charge is 2.13. The summed E-state index contributed by atoms with van der Waals surface area (Å²) in [6, 6.07) is 10.4. The normalized spacial score (nSPS) is 11.7. The first-order valence-electron chi connectivity index (χ1n) is 7.64. The Balaban J connectivity index is 2.07. The minimum atomic E-state index is -3.50. The Labute approximate surface area is 157 Å². The van der Waals surface area contributed by atoms with Crippen molar-refractivity contribution in [3.05, 3.63) is 70.5 Å². The van der Waals surface area contributed by atoms with E-state index in [1.54, 1.807) is 24.3 Å². The third-order valence-corrected chi connectivity index (χ3v) is 5.50. The van der Waals surface area contributed by atoms with Crippen LogP contribution in [0.5, 0.6) is 0 Å². The number of likely N-dealkylation sites (N-methyl/N-ethyl adjacent to an activating group) is 1. The van der Waals surface area contributed by atoms with Crippen molar-refractivity contribution < 1.29 is 17.6 Å². The van der Waals surface area contributed by atoms with Crippen molar-refractivity contribution in [2.75, 3.05) is 14.1 Å². The van der Waals surface area contributed by atoms with Gasteiger partial charge in [-0.05, 0) is 43.0 Å².